The number of carboxylic acids is 1. The van der Waals surface area contributed by atoms with Gasteiger partial charge in [-0.05, 0) is 54.4 Å². The average molecular weight is 316 g/mol. The Morgan fingerprint density at radius 2 is 1.95 bits per heavy atom. The molecule has 0 aliphatic rings. The lowest BCUT2D eigenvalue weighted by atomic mass is 9.97. The van der Waals surface area contributed by atoms with Gasteiger partial charge in [-0.2, -0.15) is 0 Å². The number of rotatable bonds is 2. The van der Waals surface area contributed by atoms with Gasteiger partial charge >= 0.3 is 5.97 Å². The summed E-state index contributed by atoms with van der Waals surface area (Å²) in [6.07, 6.45) is 1.58. The average Bonchev–Trinajstić information content (AvgIpc) is 2.47. The minimum Gasteiger partial charge on any atom is -0.478 e. The first kappa shape index (κ1) is 14.5. The van der Waals surface area contributed by atoms with Crippen molar-refractivity contribution in [1.29, 1.82) is 0 Å². The Balaban J connectivity index is 2.36. The van der Waals surface area contributed by atoms with E-state index in [9.17, 15) is 14.3 Å². The van der Waals surface area contributed by atoms with Crippen molar-refractivity contribution in [3.05, 3.63) is 64.6 Å². The van der Waals surface area contributed by atoms with Crippen LogP contribution in [-0.4, -0.2) is 16.1 Å². The number of hydrogen-bond donors (Lipinski definition) is 1. The predicted molar refractivity (Wildman–Crippen MR) is 83.8 cm³/mol. The van der Waals surface area contributed by atoms with Crippen LogP contribution in [0.1, 0.15) is 15.9 Å². The molecule has 2 aromatic carbocycles. The molecule has 3 aromatic rings. The van der Waals surface area contributed by atoms with Crippen molar-refractivity contribution < 1.29 is 14.3 Å². The molecule has 0 atom stereocenters. The van der Waals surface area contributed by atoms with Crippen molar-refractivity contribution >= 4 is 28.5 Å². The fourth-order valence-electron chi connectivity index (χ4n) is 2.50. The van der Waals surface area contributed by atoms with E-state index >= 15 is 0 Å². The van der Waals surface area contributed by atoms with E-state index in [-0.39, 0.29) is 5.56 Å². The second-order valence-electron chi connectivity index (χ2n) is 4.98. The van der Waals surface area contributed by atoms with E-state index in [1.54, 1.807) is 37.4 Å². The quantitative estimate of drug-likeness (QED) is 0.745. The molecule has 1 N–H and O–H groups in total. The topological polar surface area (TPSA) is 50.2 Å². The van der Waals surface area contributed by atoms with E-state index in [4.69, 9.17) is 11.6 Å². The number of aromatic carboxylic acids is 1. The predicted octanol–water partition coefficient (Wildman–Crippen LogP) is 4.70. The number of halogens is 2. The zero-order valence-electron chi connectivity index (χ0n) is 11.6. The van der Waals surface area contributed by atoms with E-state index in [2.05, 4.69) is 4.98 Å². The van der Waals surface area contributed by atoms with Gasteiger partial charge in [0.25, 0.3) is 0 Å². The first-order valence-electron chi connectivity index (χ1n) is 6.55. The number of nitrogens with zero attached hydrogens (tertiary/aromatic N) is 1. The van der Waals surface area contributed by atoms with Crippen LogP contribution < -0.4 is 0 Å². The van der Waals surface area contributed by atoms with Gasteiger partial charge in [0.15, 0.2) is 0 Å². The lowest BCUT2D eigenvalue weighted by Crippen LogP contribution is -1.99. The van der Waals surface area contributed by atoms with Gasteiger partial charge in [-0.15, -0.1) is 0 Å². The Morgan fingerprint density at radius 3 is 2.64 bits per heavy atom. The van der Waals surface area contributed by atoms with E-state index in [1.165, 1.54) is 12.1 Å². The molecular formula is C17H11ClFNO2. The van der Waals surface area contributed by atoms with Crippen molar-refractivity contribution in [1.82, 2.24) is 4.98 Å². The molecule has 0 bridgehead atoms. The molecule has 1 aromatic heterocycles. The summed E-state index contributed by atoms with van der Waals surface area (Å²) in [5.41, 5.74) is 2.47. The maximum absolute atomic E-state index is 14.2. The zero-order valence-corrected chi connectivity index (χ0v) is 12.4. The van der Waals surface area contributed by atoms with Gasteiger partial charge in [0.2, 0.25) is 0 Å². The van der Waals surface area contributed by atoms with Crippen LogP contribution in [0.25, 0.3) is 22.0 Å². The summed E-state index contributed by atoms with van der Waals surface area (Å²) < 4.78 is 14.2. The maximum Gasteiger partial charge on any atom is 0.335 e. The minimum absolute atomic E-state index is 0.147. The molecule has 0 saturated carbocycles. The number of aryl methyl sites for hydroxylation is 1. The van der Waals surface area contributed by atoms with Gasteiger partial charge in [-0.3, -0.25) is 4.98 Å². The lowest BCUT2D eigenvalue weighted by Gasteiger charge is -2.10. The number of carbonyl (C=O) groups is 1. The number of hydrogen-bond acceptors (Lipinski definition) is 2. The minimum atomic E-state index is -1.03. The number of aromatic nitrogens is 1. The molecule has 0 amide bonds. The first-order valence-corrected chi connectivity index (χ1v) is 6.93. The van der Waals surface area contributed by atoms with E-state index in [0.717, 1.165) is 5.56 Å². The largest absolute Gasteiger partial charge is 0.478 e. The van der Waals surface area contributed by atoms with Crippen LogP contribution in [-0.2, 0) is 0 Å². The molecule has 0 aliphatic heterocycles. The fourth-order valence-corrected chi connectivity index (χ4v) is 2.66. The molecule has 0 saturated heterocycles. The Labute approximate surface area is 131 Å². The Kier molecular flexibility index (Phi) is 3.54. The zero-order chi connectivity index (χ0) is 15.9. The van der Waals surface area contributed by atoms with Crippen LogP contribution in [0.4, 0.5) is 4.39 Å². The second-order valence-corrected chi connectivity index (χ2v) is 5.41. The van der Waals surface area contributed by atoms with Gasteiger partial charge in [0.05, 0.1) is 11.1 Å². The Hall–Kier alpha value is -2.46. The normalized spacial score (nSPS) is 10.9. The summed E-state index contributed by atoms with van der Waals surface area (Å²) in [7, 11) is 0. The standard InChI is InChI=1S/C17H11ClFNO2/c1-9-6-10(17(21)22)7-14-12(4-5-20-16(9)14)13-3-2-11(18)8-15(13)19/h2-8H,1H3,(H,21,22). The molecule has 5 heteroatoms. The molecule has 0 fully saturated rings. The molecule has 3 nitrogen and oxygen atoms in total. The molecule has 3 rings (SSSR count). The number of carboxylic acid groups (broad SMARTS) is 1. The molecule has 0 spiro atoms. The van der Waals surface area contributed by atoms with Crippen molar-refractivity contribution in [2.24, 2.45) is 0 Å². The van der Waals surface area contributed by atoms with Gasteiger partial charge < -0.3 is 5.11 Å². The third-order valence-corrected chi connectivity index (χ3v) is 3.74. The van der Waals surface area contributed by atoms with Gasteiger partial charge in [-0.25, -0.2) is 9.18 Å². The summed E-state index contributed by atoms with van der Waals surface area (Å²) in [5, 5.41) is 10.1. The van der Waals surface area contributed by atoms with Crippen molar-refractivity contribution in [2.45, 2.75) is 6.92 Å². The summed E-state index contributed by atoms with van der Waals surface area (Å²) in [6, 6.07) is 9.15. The highest BCUT2D eigenvalue weighted by molar-refractivity contribution is 6.30. The highest BCUT2D eigenvalue weighted by atomic mass is 35.5. The molecule has 0 radical (unpaired) electrons. The van der Waals surface area contributed by atoms with E-state index in [1.807, 2.05) is 0 Å². The fraction of sp³-hybridized carbons (Fsp3) is 0.0588. The third-order valence-electron chi connectivity index (χ3n) is 3.50. The van der Waals surface area contributed by atoms with Crippen LogP contribution in [0.3, 0.4) is 0 Å². The summed E-state index contributed by atoms with van der Waals surface area (Å²) in [5.74, 6) is -1.49. The van der Waals surface area contributed by atoms with Crippen LogP contribution in [0.5, 0.6) is 0 Å². The SMILES string of the molecule is Cc1cc(C(=O)O)cc2c(-c3ccc(Cl)cc3F)ccnc12. The molecule has 0 unspecified atom stereocenters. The Morgan fingerprint density at radius 1 is 1.18 bits per heavy atom. The summed E-state index contributed by atoms with van der Waals surface area (Å²) in [4.78, 5) is 15.5. The van der Waals surface area contributed by atoms with Crippen LogP contribution >= 0.6 is 11.6 Å². The first-order chi connectivity index (χ1) is 10.5. The number of benzene rings is 2. The molecule has 22 heavy (non-hydrogen) atoms. The van der Waals surface area contributed by atoms with Crippen molar-refractivity contribution in [2.75, 3.05) is 0 Å². The van der Waals surface area contributed by atoms with Gasteiger partial charge in [0.1, 0.15) is 5.82 Å². The molecule has 1 heterocycles. The molecule has 110 valence electrons. The Bertz CT molecular complexity index is 909. The van der Waals surface area contributed by atoms with Crippen LogP contribution in [0, 0.1) is 12.7 Å². The summed E-state index contributed by atoms with van der Waals surface area (Å²) >= 11 is 5.78. The van der Waals surface area contributed by atoms with Crippen LogP contribution in [0.15, 0.2) is 42.6 Å². The number of pyridine rings is 1. The smallest absolute Gasteiger partial charge is 0.335 e. The third kappa shape index (κ3) is 2.42. The highest BCUT2D eigenvalue weighted by Gasteiger charge is 2.14. The summed E-state index contributed by atoms with van der Waals surface area (Å²) in [6.45, 7) is 1.78. The van der Waals surface area contributed by atoms with E-state index < -0.39 is 11.8 Å². The van der Waals surface area contributed by atoms with Crippen LogP contribution in [0.2, 0.25) is 5.02 Å². The van der Waals surface area contributed by atoms with E-state index in [0.29, 0.717) is 27.1 Å². The van der Waals surface area contributed by atoms with Crippen molar-refractivity contribution in [3.8, 4) is 11.1 Å². The number of fused-ring (bicyclic) bond motifs is 1. The van der Waals surface area contributed by atoms with Crippen molar-refractivity contribution in [3.63, 3.8) is 0 Å². The maximum atomic E-state index is 14.2. The molecular weight excluding hydrogens is 305 g/mol. The molecule has 0 aliphatic carbocycles. The monoisotopic (exact) mass is 315 g/mol. The van der Waals surface area contributed by atoms with Gasteiger partial charge in [0, 0.05) is 22.2 Å². The lowest BCUT2D eigenvalue weighted by molar-refractivity contribution is 0.0697. The van der Waals surface area contributed by atoms with Gasteiger partial charge in [-0.1, -0.05) is 11.6 Å². The highest BCUT2D eigenvalue weighted by Crippen LogP contribution is 2.32. The second kappa shape index (κ2) is 5.39.